The minimum absolute atomic E-state index is 0.0958. The lowest BCUT2D eigenvalue weighted by atomic mass is 9.93. The van der Waals surface area contributed by atoms with Gasteiger partial charge in [-0.2, -0.15) is 0 Å². The van der Waals surface area contributed by atoms with Crippen molar-refractivity contribution < 1.29 is 9.53 Å². The van der Waals surface area contributed by atoms with Crippen molar-refractivity contribution in [3.8, 4) is 0 Å². The number of hydrogen-bond acceptors (Lipinski definition) is 4. The Morgan fingerprint density at radius 1 is 1.47 bits per heavy atom. The molecule has 0 aromatic rings. The summed E-state index contributed by atoms with van der Waals surface area (Å²) in [5, 5.41) is 3.22. The van der Waals surface area contributed by atoms with Crippen LogP contribution >= 0.6 is 0 Å². The van der Waals surface area contributed by atoms with Gasteiger partial charge in [0.25, 0.3) is 0 Å². The topological polar surface area (TPSA) is 41.6 Å². The molecule has 0 bridgehead atoms. The quantitative estimate of drug-likeness (QED) is 0.789. The molecule has 0 spiro atoms. The van der Waals surface area contributed by atoms with E-state index in [9.17, 15) is 4.79 Å². The molecule has 110 valence electrons. The van der Waals surface area contributed by atoms with Gasteiger partial charge in [0.05, 0.1) is 7.11 Å². The Morgan fingerprint density at radius 2 is 2.26 bits per heavy atom. The lowest BCUT2D eigenvalue weighted by Gasteiger charge is -2.37. The molecule has 4 heteroatoms. The molecule has 4 nitrogen and oxygen atoms in total. The Bertz CT molecular complexity index is 321. The molecule has 2 aliphatic rings. The maximum absolute atomic E-state index is 12.0. The van der Waals surface area contributed by atoms with Crippen LogP contribution in [0.3, 0.4) is 0 Å². The van der Waals surface area contributed by atoms with Gasteiger partial charge in [0.1, 0.15) is 5.54 Å². The molecule has 19 heavy (non-hydrogen) atoms. The number of carbonyl (C=O) groups excluding carboxylic acids is 1. The zero-order valence-corrected chi connectivity index (χ0v) is 12.6. The maximum Gasteiger partial charge on any atom is 0.326 e. The molecule has 0 amide bonds. The van der Waals surface area contributed by atoms with Crippen molar-refractivity contribution >= 4 is 5.97 Å². The highest BCUT2D eigenvalue weighted by Crippen LogP contribution is 2.36. The summed E-state index contributed by atoms with van der Waals surface area (Å²) in [5.74, 6) is 0.748. The number of piperidine rings is 1. The van der Waals surface area contributed by atoms with Crippen molar-refractivity contribution in [1.82, 2.24) is 10.2 Å². The van der Waals surface area contributed by atoms with Crippen molar-refractivity contribution in [3.05, 3.63) is 0 Å². The summed E-state index contributed by atoms with van der Waals surface area (Å²) in [6.45, 7) is 4.69. The first-order valence-corrected chi connectivity index (χ1v) is 7.66. The van der Waals surface area contributed by atoms with Gasteiger partial charge in [0, 0.05) is 12.6 Å². The van der Waals surface area contributed by atoms with Crippen molar-refractivity contribution in [2.24, 2.45) is 5.92 Å². The van der Waals surface area contributed by atoms with E-state index in [2.05, 4.69) is 17.1 Å². The molecule has 1 N–H and O–H groups in total. The second-order valence-corrected chi connectivity index (χ2v) is 6.13. The average molecular weight is 268 g/mol. The van der Waals surface area contributed by atoms with Crippen molar-refractivity contribution in [2.45, 2.75) is 57.0 Å². The lowest BCUT2D eigenvalue weighted by molar-refractivity contribution is -0.148. The van der Waals surface area contributed by atoms with Crippen molar-refractivity contribution in [2.75, 3.05) is 27.2 Å². The lowest BCUT2D eigenvalue weighted by Crippen LogP contribution is -2.51. The summed E-state index contributed by atoms with van der Waals surface area (Å²) in [6, 6.07) is 0.542. The molecule has 1 aliphatic heterocycles. The Hall–Kier alpha value is -0.610. The summed E-state index contributed by atoms with van der Waals surface area (Å²) in [6.07, 6.45) is 6.85. The number of nitrogens with one attached hydrogen (secondary N) is 1. The van der Waals surface area contributed by atoms with Gasteiger partial charge in [0.15, 0.2) is 0 Å². The van der Waals surface area contributed by atoms with Crippen LogP contribution in [-0.2, 0) is 9.53 Å². The fraction of sp³-hybridized carbons (Fsp3) is 0.933. The highest BCUT2D eigenvalue weighted by molar-refractivity contribution is 5.81. The minimum Gasteiger partial charge on any atom is -0.468 e. The summed E-state index contributed by atoms with van der Waals surface area (Å²) in [4.78, 5) is 14.6. The van der Waals surface area contributed by atoms with Gasteiger partial charge in [-0.25, -0.2) is 0 Å². The number of likely N-dealkylation sites (tertiary alicyclic amines) is 1. The Kier molecular flexibility index (Phi) is 4.85. The second-order valence-electron chi connectivity index (χ2n) is 6.13. The van der Waals surface area contributed by atoms with Gasteiger partial charge < -0.3 is 15.0 Å². The standard InChI is InChI=1S/C15H28N2O2/c1-4-12-6-5-9-17(11-12)13-7-8-15(10-13,16-2)14(18)19-3/h12-13,16H,4-11H2,1-3H3. The van der Waals surface area contributed by atoms with Gasteiger partial charge in [0.2, 0.25) is 0 Å². The van der Waals surface area contributed by atoms with Crippen LogP contribution in [0.4, 0.5) is 0 Å². The monoisotopic (exact) mass is 268 g/mol. The Balaban J connectivity index is 1.98. The molecule has 2 rings (SSSR count). The molecule has 0 aromatic heterocycles. The first-order valence-electron chi connectivity index (χ1n) is 7.66. The number of nitrogens with zero attached hydrogens (tertiary/aromatic N) is 1. The fourth-order valence-electron chi connectivity index (χ4n) is 3.80. The highest BCUT2D eigenvalue weighted by atomic mass is 16.5. The van der Waals surface area contributed by atoms with Crippen LogP contribution in [-0.4, -0.2) is 49.7 Å². The number of ether oxygens (including phenoxy) is 1. The SMILES string of the molecule is CCC1CCCN(C2CCC(NC)(C(=O)OC)C2)C1. The van der Waals surface area contributed by atoms with E-state index in [0.717, 1.165) is 25.2 Å². The maximum atomic E-state index is 12.0. The second kappa shape index (κ2) is 6.23. The molecule has 3 atom stereocenters. The molecule has 1 saturated carbocycles. The van der Waals surface area contributed by atoms with E-state index in [-0.39, 0.29) is 5.97 Å². The normalized spacial score (nSPS) is 36.4. The van der Waals surface area contributed by atoms with E-state index >= 15 is 0 Å². The molecule has 1 heterocycles. The molecule has 3 unspecified atom stereocenters. The predicted molar refractivity (Wildman–Crippen MR) is 76.0 cm³/mol. The number of hydrogen-bond donors (Lipinski definition) is 1. The van der Waals surface area contributed by atoms with E-state index in [1.165, 1.54) is 39.5 Å². The highest BCUT2D eigenvalue weighted by Gasteiger charge is 2.47. The predicted octanol–water partition coefficient (Wildman–Crippen LogP) is 1.79. The number of likely N-dealkylation sites (N-methyl/N-ethyl adjacent to an activating group) is 1. The average Bonchev–Trinajstić information content (AvgIpc) is 2.92. The van der Waals surface area contributed by atoms with Gasteiger partial charge in [-0.05, 0) is 51.6 Å². The third-order valence-corrected chi connectivity index (χ3v) is 5.19. The molecular weight excluding hydrogens is 240 g/mol. The van der Waals surface area contributed by atoms with E-state index < -0.39 is 5.54 Å². The van der Waals surface area contributed by atoms with Crippen LogP contribution in [0.15, 0.2) is 0 Å². The molecule has 0 aromatic carbocycles. The smallest absolute Gasteiger partial charge is 0.326 e. The Morgan fingerprint density at radius 3 is 2.89 bits per heavy atom. The van der Waals surface area contributed by atoms with Crippen LogP contribution in [0.25, 0.3) is 0 Å². The zero-order valence-electron chi connectivity index (χ0n) is 12.6. The molecular formula is C15H28N2O2. The van der Waals surface area contributed by atoms with Gasteiger partial charge in [-0.1, -0.05) is 13.3 Å². The summed E-state index contributed by atoms with van der Waals surface area (Å²) < 4.78 is 4.99. The summed E-state index contributed by atoms with van der Waals surface area (Å²) >= 11 is 0. The first-order chi connectivity index (χ1) is 9.15. The third-order valence-electron chi connectivity index (χ3n) is 5.19. The number of carbonyl (C=O) groups is 1. The van der Waals surface area contributed by atoms with Crippen molar-refractivity contribution in [1.29, 1.82) is 0 Å². The Labute approximate surface area is 116 Å². The molecule has 2 fully saturated rings. The first kappa shape index (κ1) is 14.8. The number of esters is 1. The summed E-state index contributed by atoms with van der Waals surface area (Å²) in [5.41, 5.74) is -0.446. The van der Waals surface area contributed by atoms with Gasteiger partial charge in [-0.15, -0.1) is 0 Å². The van der Waals surface area contributed by atoms with Crippen LogP contribution in [0, 0.1) is 5.92 Å². The van der Waals surface area contributed by atoms with Gasteiger partial charge >= 0.3 is 5.97 Å². The summed E-state index contributed by atoms with van der Waals surface area (Å²) in [7, 11) is 3.37. The minimum atomic E-state index is -0.446. The van der Waals surface area contributed by atoms with Gasteiger partial charge in [-0.3, -0.25) is 4.79 Å². The molecule has 1 saturated heterocycles. The fourth-order valence-corrected chi connectivity index (χ4v) is 3.80. The van der Waals surface area contributed by atoms with Crippen LogP contribution in [0.1, 0.15) is 45.4 Å². The zero-order chi connectivity index (χ0) is 13.9. The van der Waals surface area contributed by atoms with Crippen molar-refractivity contribution in [3.63, 3.8) is 0 Å². The van der Waals surface area contributed by atoms with Crippen LogP contribution in [0.5, 0.6) is 0 Å². The van der Waals surface area contributed by atoms with E-state index in [1.807, 2.05) is 7.05 Å². The van der Waals surface area contributed by atoms with E-state index in [4.69, 9.17) is 4.74 Å². The van der Waals surface area contributed by atoms with Crippen LogP contribution < -0.4 is 5.32 Å². The number of rotatable bonds is 4. The molecule has 1 aliphatic carbocycles. The van der Waals surface area contributed by atoms with Crippen LogP contribution in [0.2, 0.25) is 0 Å². The molecule has 0 radical (unpaired) electrons. The number of methoxy groups -OCH3 is 1. The van der Waals surface area contributed by atoms with E-state index in [0.29, 0.717) is 6.04 Å². The van der Waals surface area contributed by atoms with E-state index in [1.54, 1.807) is 0 Å². The third kappa shape index (κ3) is 2.95. The largest absolute Gasteiger partial charge is 0.468 e.